The van der Waals surface area contributed by atoms with E-state index in [1.165, 1.54) is 0 Å². The van der Waals surface area contributed by atoms with Crippen LogP contribution in [0.3, 0.4) is 0 Å². The normalized spacial score (nSPS) is 14.8. The van der Waals surface area contributed by atoms with Gasteiger partial charge in [0.1, 0.15) is 5.75 Å². The Morgan fingerprint density at radius 1 is 1.09 bits per heavy atom. The maximum absolute atomic E-state index is 9.45. The molecule has 120 valence electrons. The second-order valence-electron chi connectivity index (χ2n) is 6.54. The monoisotopic (exact) mass is 338 g/mol. The van der Waals surface area contributed by atoms with Crippen LogP contribution < -0.4 is 4.74 Å². The molecule has 2 atom stereocenters. The van der Waals surface area contributed by atoms with Gasteiger partial charge in [0.05, 0.1) is 8.07 Å². The Kier molecular flexibility index (Phi) is 5.50. The van der Waals surface area contributed by atoms with Crippen LogP contribution in [0, 0.1) is 0 Å². The van der Waals surface area contributed by atoms with Gasteiger partial charge >= 0.3 is 0 Å². The topological polar surface area (TPSA) is 38.7 Å². The summed E-state index contributed by atoms with van der Waals surface area (Å²) < 4.78 is 11.4. The smallest absolute Gasteiger partial charge is 0.188 e. The fraction of sp³-hybridized carbons (Fsp3) is 0.412. The fourth-order valence-electron chi connectivity index (χ4n) is 1.94. The van der Waals surface area contributed by atoms with Gasteiger partial charge in [-0.2, -0.15) is 0 Å². The van der Waals surface area contributed by atoms with Crippen molar-refractivity contribution in [2.24, 2.45) is 0 Å². The molecule has 0 saturated heterocycles. The third-order valence-corrected chi connectivity index (χ3v) is 6.73. The van der Waals surface area contributed by atoms with Crippen molar-refractivity contribution < 1.29 is 14.6 Å². The second-order valence-corrected chi connectivity index (χ2v) is 12.5. The first-order chi connectivity index (χ1) is 10.3. The molecule has 0 heterocycles. The Hall–Kier alpha value is -1.07. The van der Waals surface area contributed by atoms with Gasteiger partial charge in [-0.25, -0.2) is 0 Å². The fourth-order valence-corrected chi connectivity index (χ4v) is 2.64. The molecule has 2 unspecified atom stereocenters. The molecule has 0 aliphatic carbocycles. The highest BCUT2D eigenvalue weighted by atomic mass is 35.5. The van der Waals surface area contributed by atoms with Gasteiger partial charge in [0.25, 0.3) is 0 Å². The Morgan fingerprint density at radius 2 is 1.77 bits per heavy atom. The third-order valence-electron chi connectivity index (χ3n) is 3.87. The Morgan fingerprint density at radius 3 is 2.41 bits per heavy atom. The lowest BCUT2D eigenvalue weighted by Gasteiger charge is -2.25. The summed E-state index contributed by atoms with van der Waals surface area (Å²) in [6, 6.07) is 11.5. The number of benzene rings is 2. The van der Waals surface area contributed by atoms with Crippen LogP contribution in [0.5, 0.6) is 5.75 Å². The molecule has 0 spiro atoms. The van der Waals surface area contributed by atoms with Crippen LogP contribution in [0.1, 0.15) is 18.1 Å². The number of hydrogen-bond acceptors (Lipinski definition) is 3. The van der Waals surface area contributed by atoms with E-state index in [9.17, 15) is 5.11 Å². The zero-order valence-electron chi connectivity index (χ0n) is 13.5. The van der Waals surface area contributed by atoms with Gasteiger partial charge in [-0.1, -0.05) is 49.4 Å². The average molecular weight is 339 g/mol. The summed E-state index contributed by atoms with van der Waals surface area (Å²) in [6.07, 6.45) is 0. The van der Waals surface area contributed by atoms with Crippen molar-refractivity contribution in [3.05, 3.63) is 42.0 Å². The number of rotatable bonds is 6. The van der Waals surface area contributed by atoms with Gasteiger partial charge in [-0.05, 0) is 41.5 Å². The minimum absolute atomic E-state index is 0.242. The molecule has 2 aromatic rings. The molecule has 0 bridgehead atoms. The van der Waals surface area contributed by atoms with Crippen molar-refractivity contribution in [1.82, 2.24) is 0 Å². The molecular weight excluding hydrogens is 316 g/mol. The lowest BCUT2D eigenvalue weighted by molar-refractivity contribution is 0.000369. The molecular formula is C17H23ClO3Si. The Labute approximate surface area is 137 Å². The van der Waals surface area contributed by atoms with Gasteiger partial charge in [0.2, 0.25) is 0 Å². The standard InChI is InChI=1S/C17H23ClO3Si/c1-12(22(2,3)4)20-11-21-16-8-7-13-5-6-14(17(18)19)9-15(13)10-16/h5-10,12,17,19H,11H2,1-4H3. The number of halogens is 1. The third kappa shape index (κ3) is 4.46. The molecule has 5 heteroatoms. The minimum atomic E-state index is -1.31. The van der Waals surface area contributed by atoms with Gasteiger partial charge < -0.3 is 14.6 Å². The lowest BCUT2D eigenvalue weighted by atomic mass is 10.1. The first-order valence-electron chi connectivity index (χ1n) is 7.37. The van der Waals surface area contributed by atoms with Crippen LogP contribution >= 0.6 is 11.6 Å². The molecule has 0 fully saturated rings. The second kappa shape index (κ2) is 7.00. The summed E-state index contributed by atoms with van der Waals surface area (Å²) in [5.41, 5.74) is -0.0734. The van der Waals surface area contributed by atoms with Crippen molar-refractivity contribution in [2.75, 3.05) is 6.79 Å². The highest BCUT2D eigenvalue weighted by Crippen LogP contribution is 2.26. The molecule has 3 nitrogen and oxygen atoms in total. The van der Waals surface area contributed by atoms with Gasteiger partial charge in [-0.15, -0.1) is 0 Å². The quantitative estimate of drug-likeness (QED) is 0.472. The van der Waals surface area contributed by atoms with Crippen molar-refractivity contribution in [2.45, 2.75) is 37.9 Å². The number of hydrogen-bond donors (Lipinski definition) is 1. The van der Waals surface area contributed by atoms with Crippen LogP contribution in [-0.2, 0) is 4.74 Å². The zero-order chi connectivity index (χ0) is 16.3. The molecule has 2 rings (SSSR count). The van der Waals surface area contributed by atoms with Crippen LogP contribution in [0.15, 0.2) is 36.4 Å². The maximum Gasteiger partial charge on any atom is 0.188 e. The van der Waals surface area contributed by atoms with Crippen LogP contribution in [-0.4, -0.2) is 25.7 Å². The van der Waals surface area contributed by atoms with Crippen LogP contribution in [0.4, 0.5) is 0 Å². The SMILES string of the molecule is CC(OCOc1ccc2ccc(C(O)Cl)cc2c1)[Si](C)(C)C. The number of alkyl halides is 1. The molecule has 22 heavy (non-hydrogen) atoms. The van der Waals surface area contributed by atoms with Gasteiger partial charge in [-0.3, -0.25) is 0 Å². The average Bonchev–Trinajstić information content (AvgIpc) is 2.45. The molecule has 0 aromatic heterocycles. The molecule has 0 amide bonds. The summed E-state index contributed by atoms with van der Waals surface area (Å²) in [5, 5.41) is 11.5. The Balaban J connectivity index is 2.06. The van der Waals surface area contributed by atoms with Crippen molar-refractivity contribution in [1.29, 1.82) is 0 Å². The Bertz CT molecular complexity index is 637. The molecule has 0 aliphatic rings. The molecule has 0 aliphatic heterocycles. The summed E-state index contributed by atoms with van der Waals surface area (Å²) >= 11 is 5.71. The van der Waals surface area contributed by atoms with E-state index >= 15 is 0 Å². The van der Waals surface area contributed by atoms with Crippen molar-refractivity contribution in [3.8, 4) is 5.75 Å². The highest BCUT2D eigenvalue weighted by molar-refractivity contribution is 6.77. The summed E-state index contributed by atoms with van der Waals surface area (Å²) in [5.74, 6) is 0.747. The van der Waals surface area contributed by atoms with E-state index in [-0.39, 0.29) is 12.5 Å². The lowest BCUT2D eigenvalue weighted by Crippen LogP contribution is -2.38. The highest BCUT2D eigenvalue weighted by Gasteiger charge is 2.23. The number of aliphatic hydroxyl groups is 1. The van der Waals surface area contributed by atoms with Crippen molar-refractivity contribution >= 4 is 30.4 Å². The minimum Gasteiger partial charge on any atom is -0.468 e. The first kappa shape index (κ1) is 17.3. The van der Waals surface area contributed by atoms with E-state index < -0.39 is 13.6 Å². The van der Waals surface area contributed by atoms with Gasteiger partial charge in [0, 0.05) is 5.73 Å². The summed E-state index contributed by atoms with van der Waals surface area (Å²) in [4.78, 5) is 0. The van der Waals surface area contributed by atoms with E-state index in [1.807, 2.05) is 36.4 Å². The van der Waals surface area contributed by atoms with Crippen LogP contribution in [0.25, 0.3) is 10.8 Å². The summed E-state index contributed by atoms with van der Waals surface area (Å²) in [6.45, 7) is 9.16. The molecule has 1 N–H and O–H groups in total. The summed E-state index contributed by atoms with van der Waals surface area (Å²) in [7, 11) is -1.31. The number of aliphatic hydroxyl groups excluding tert-OH is 1. The van der Waals surface area contributed by atoms with E-state index in [0.29, 0.717) is 5.56 Å². The molecule has 2 aromatic carbocycles. The zero-order valence-corrected chi connectivity index (χ0v) is 15.2. The van der Waals surface area contributed by atoms with E-state index in [4.69, 9.17) is 21.1 Å². The van der Waals surface area contributed by atoms with E-state index in [0.717, 1.165) is 16.5 Å². The predicted octanol–water partition coefficient (Wildman–Crippen LogP) is 4.69. The number of ether oxygens (including phenoxy) is 2. The van der Waals surface area contributed by atoms with E-state index in [2.05, 4.69) is 26.6 Å². The predicted molar refractivity (Wildman–Crippen MR) is 94.1 cm³/mol. The number of fused-ring (bicyclic) bond motifs is 1. The molecule has 0 saturated carbocycles. The first-order valence-corrected chi connectivity index (χ1v) is 11.4. The molecule has 0 radical (unpaired) electrons. The van der Waals surface area contributed by atoms with Gasteiger partial charge in [0.15, 0.2) is 12.4 Å². The van der Waals surface area contributed by atoms with E-state index in [1.54, 1.807) is 0 Å². The largest absolute Gasteiger partial charge is 0.468 e. The van der Waals surface area contributed by atoms with Crippen molar-refractivity contribution in [3.63, 3.8) is 0 Å². The van der Waals surface area contributed by atoms with Crippen LogP contribution in [0.2, 0.25) is 19.6 Å². The maximum atomic E-state index is 9.45.